The van der Waals surface area contributed by atoms with Crippen LogP contribution in [0.3, 0.4) is 0 Å². The van der Waals surface area contributed by atoms with Crippen molar-refractivity contribution in [2.24, 2.45) is 0 Å². The summed E-state index contributed by atoms with van der Waals surface area (Å²) >= 11 is 0. The molecule has 0 heterocycles. The Hall–Kier alpha value is -2.05. The summed E-state index contributed by atoms with van der Waals surface area (Å²) in [4.78, 5) is 0. The molecule has 2 aromatic rings. The molecule has 0 radical (unpaired) electrons. The zero-order valence-corrected chi connectivity index (χ0v) is 15.0. The highest BCUT2D eigenvalue weighted by Crippen LogP contribution is 2.30. The summed E-state index contributed by atoms with van der Waals surface area (Å²) in [5.41, 5.74) is 2.81. The maximum absolute atomic E-state index is 12.2. The Labute approximate surface area is 143 Å². The van der Waals surface area contributed by atoms with Gasteiger partial charge in [0, 0.05) is 6.54 Å². The lowest BCUT2D eigenvalue weighted by Crippen LogP contribution is -2.27. The van der Waals surface area contributed by atoms with Gasteiger partial charge in [0.05, 0.1) is 20.0 Å². The molecule has 0 saturated heterocycles. The van der Waals surface area contributed by atoms with Crippen LogP contribution in [0, 0.1) is 6.92 Å². The highest BCUT2D eigenvalue weighted by atomic mass is 32.2. The molecule has 0 spiro atoms. The Balaban J connectivity index is 2.01. The Kier molecular flexibility index (Phi) is 6.23. The molecule has 5 nitrogen and oxygen atoms in total. The first-order chi connectivity index (χ1) is 11.4. The van der Waals surface area contributed by atoms with E-state index in [1.54, 1.807) is 20.3 Å². The third-order valence-electron chi connectivity index (χ3n) is 3.83. The molecule has 0 aromatic heterocycles. The molecule has 1 N–H and O–H groups in total. The van der Waals surface area contributed by atoms with E-state index in [0.29, 0.717) is 17.9 Å². The molecule has 0 aliphatic rings. The van der Waals surface area contributed by atoms with Crippen molar-refractivity contribution < 1.29 is 17.9 Å². The van der Waals surface area contributed by atoms with Crippen molar-refractivity contribution in [3.63, 3.8) is 0 Å². The van der Waals surface area contributed by atoms with Crippen LogP contribution >= 0.6 is 0 Å². The predicted octanol–water partition coefficient (Wildman–Crippen LogP) is 2.67. The van der Waals surface area contributed by atoms with E-state index in [-0.39, 0.29) is 12.3 Å². The van der Waals surface area contributed by atoms with Gasteiger partial charge in [0.2, 0.25) is 10.0 Å². The lowest BCUT2D eigenvalue weighted by molar-refractivity contribution is 0.354. The SMILES string of the molecule is COc1cc(C)c(CNS(=O)(=O)CCc2ccccc2)cc1OC. The third kappa shape index (κ3) is 4.97. The minimum absolute atomic E-state index is 0.0589. The lowest BCUT2D eigenvalue weighted by atomic mass is 10.1. The molecule has 0 aliphatic heterocycles. The summed E-state index contributed by atoms with van der Waals surface area (Å²) in [6.45, 7) is 2.14. The average molecular weight is 349 g/mol. The van der Waals surface area contributed by atoms with Gasteiger partial charge in [0.25, 0.3) is 0 Å². The van der Waals surface area contributed by atoms with E-state index in [4.69, 9.17) is 9.47 Å². The molecule has 2 rings (SSSR count). The van der Waals surface area contributed by atoms with Gasteiger partial charge in [-0.2, -0.15) is 0 Å². The van der Waals surface area contributed by atoms with Crippen LogP contribution in [0.4, 0.5) is 0 Å². The van der Waals surface area contributed by atoms with Crippen LogP contribution in [0.25, 0.3) is 0 Å². The number of ether oxygens (including phenoxy) is 2. The van der Waals surface area contributed by atoms with Gasteiger partial charge in [0.15, 0.2) is 11.5 Å². The van der Waals surface area contributed by atoms with Crippen LogP contribution in [0.2, 0.25) is 0 Å². The Morgan fingerprint density at radius 2 is 1.62 bits per heavy atom. The summed E-state index contributed by atoms with van der Waals surface area (Å²) in [6, 6.07) is 13.2. The fourth-order valence-electron chi connectivity index (χ4n) is 2.37. The topological polar surface area (TPSA) is 64.6 Å². The summed E-state index contributed by atoms with van der Waals surface area (Å²) in [6.07, 6.45) is 0.487. The molecule has 6 heteroatoms. The molecule has 24 heavy (non-hydrogen) atoms. The minimum atomic E-state index is -3.35. The Morgan fingerprint density at radius 1 is 1.00 bits per heavy atom. The van der Waals surface area contributed by atoms with Crippen LogP contribution in [0.5, 0.6) is 11.5 Å². The maximum atomic E-state index is 12.2. The summed E-state index contributed by atoms with van der Waals surface area (Å²) < 4.78 is 37.6. The van der Waals surface area contributed by atoms with Crippen molar-refractivity contribution in [2.45, 2.75) is 19.9 Å². The molecule has 2 aromatic carbocycles. The molecule has 0 saturated carbocycles. The zero-order chi connectivity index (χ0) is 17.6. The molecular weight excluding hydrogens is 326 g/mol. The first-order valence-corrected chi connectivity index (χ1v) is 9.33. The van der Waals surface area contributed by atoms with Crippen LogP contribution in [0.15, 0.2) is 42.5 Å². The number of sulfonamides is 1. The van der Waals surface area contributed by atoms with E-state index in [2.05, 4.69) is 4.72 Å². The third-order valence-corrected chi connectivity index (χ3v) is 5.15. The number of nitrogens with one attached hydrogen (secondary N) is 1. The number of aryl methyl sites for hydroxylation is 2. The lowest BCUT2D eigenvalue weighted by Gasteiger charge is -2.13. The normalized spacial score (nSPS) is 11.3. The second-order valence-electron chi connectivity index (χ2n) is 5.51. The van der Waals surface area contributed by atoms with E-state index in [9.17, 15) is 8.42 Å². The van der Waals surface area contributed by atoms with Gasteiger partial charge in [-0.25, -0.2) is 13.1 Å². The Morgan fingerprint density at radius 3 is 2.25 bits per heavy atom. The fraction of sp³-hybridized carbons (Fsp3) is 0.333. The first kappa shape index (κ1) is 18.3. The van der Waals surface area contributed by atoms with E-state index in [0.717, 1.165) is 16.7 Å². The number of hydrogen-bond donors (Lipinski definition) is 1. The van der Waals surface area contributed by atoms with Crippen molar-refractivity contribution in [3.05, 3.63) is 59.2 Å². The number of methoxy groups -OCH3 is 2. The summed E-state index contributed by atoms with van der Waals surface area (Å²) in [5.74, 6) is 1.27. The van der Waals surface area contributed by atoms with Crippen molar-refractivity contribution in [3.8, 4) is 11.5 Å². The molecular formula is C18H23NO4S. The molecule has 0 fully saturated rings. The van der Waals surface area contributed by atoms with Crippen LogP contribution < -0.4 is 14.2 Å². The van der Waals surface area contributed by atoms with Gasteiger partial charge in [-0.15, -0.1) is 0 Å². The molecule has 0 amide bonds. The number of rotatable bonds is 8. The molecule has 0 bridgehead atoms. The second-order valence-corrected chi connectivity index (χ2v) is 7.44. The van der Waals surface area contributed by atoms with Gasteiger partial charge in [-0.3, -0.25) is 0 Å². The average Bonchev–Trinajstić information content (AvgIpc) is 2.59. The highest BCUT2D eigenvalue weighted by Gasteiger charge is 2.13. The van der Waals surface area contributed by atoms with Crippen LogP contribution in [-0.4, -0.2) is 28.4 Å². The van der Waals surface area contributed by atoms with Gasteiger partial charge >= 0.3 is 0 Å². The van der Waals surface area contributed by atoms with E-state index in [1.165, 1.54) is 0 Å². The van der Waals surface area contributed by atoms with Crippen molar-refractivity contribution in [1.82, 2.24) is 4.72 Å². The van der Waals surface area contributed by atoms with E-state index >= 15 is 0 Å². The molecule has 0 atom stereocenters. The van der Waals surface area contributed by atoms with Gasteiger partial charge in [0.1, 0.15) is 0 Å². The van der Waals surface area contributed by atoms with Gasteiger partial charge in [-0.05, 0) is 42.2 Å². The smallest absolute Gasteiger partial charge is 0.212 e. The molecule has 0 aliphatic carbocycles. The van der Waals surface area contributed by atoms with E-state index in [1.807, 2.05) is 43.3 Å². The fourth-order valence-corrected chi connectivity index (χ4v) is 3.39. The monoisotopic (exact) mass is 349 g/mol. The van der Waals surface area contributed by atoms with Crippen LogP contribution in [0.1, 0.15) is 16.7 Å². The molecule has 130 valence electrons. The standard InChI is InChI=1S/C18H23NO4S/c1-14-11-17(22-2)18(23-3)12-16(14)13-19-24(20,21)10-9-15-7-5-4-6-8-15/h4-8,11-12,19H,9-10,13H2,1-3H3. The first-order valence-electron chi connectivity index (χ1n) is 7.68. The van der Waals surface area contributed by atoms with Crippen molar-refractivity contribution in [1.29, 1.82) is 0 Å². The molecule has 0 unspecified atom stereocenters. The minimum Gasteiger partial charge on any atom is -0.493 e. The Bertz CT molecular complexity index is 773. The highest BCUT2D eigenvalue weighted by molar-refractivity contribution is 7.89. The van der Waals surface area contributed by atoms with E-state index < -0.39 is 10.0 Å². The maximum Gasteiger partial charge on any atom is 0.212 e. The number of hydrogen-bond acceptors (Lipinski definition) is 4. The number of benzene rings is 2. The summed E-state index contributed by atoms with van der Waals surface area (Å²) in [5, 5.41) is 0. The van der Waals surface area contributed by atoms with Gasteiger partial charge in [-0.1, -0.05) is 30.3 Å². The zero-order valence-electron chi connectivity index (χ0n) is 14.2. The van der Waals surface area contributed by atoms with Crippen LogP contribution in [-0.2, 0) is 23.0 Å². The predicted molar refractivity (Wildman–Crippen MR) is 95.1 cm³/mol. The quantitative estimate of drug-likeness (QED) is 0.796. The van der Waals surface area contributed by atoms with Crippen molar-refractivity contribution >= 4 is 10.0 Å². The second kappa shape index (κ2) is 8.17. The summed E-state index contributed by atoms with van der Waals surface area (Å²) in [7, 11) is -0.223. The van der Waals surface area contributed by atoms with Crippen molar-refractivity contribution in [2.75, 3.05) is 20.0 Å². The van der Waals surface area contributed by atoms with Gasteiger partial charge < -0.3 is 9.47 Å². The largest absolute Gasteiger partial charge is 0.493 e.